The molecule has 0 bridgehead atoms. The van der Waals surface area contributed by atoms with Gasteiger partial charge in [-0.1, -0.05) is 62.2 Å². The summed E-state index contributed by atoms with van der Waals surface area (Å²) in [5.41, 5.74) is 1.38. The molecule has 0 N–H and O–H groups in total. The highest BCUT2D eigenvalue weighted by Crippen LogP contribution is 2.22. The number of Topliss-reactive ketones (excluding diaryl/α,β-unsaturated/α-hetero) is 1. The molecule has 4 nitrogen and oxygen atoms in total. The first-order valence-electron chi connectivity index (χ1n) is 9.50. The highest BCUT2D eigenvalue weighted by atomic mass is 79.9. The van der Waals surface area contributed by atoms with Crippen LogP contribution in [0, 0.1) is 0 Å². The molecule has 0 fully saturated rings. The van der Waals surface area contributed by atoms with Gasteiger partial charge in [0.25, 0.3) is 5.91 Å². The molecule has 0 atom stereocenters. The van der Waals surface area contributed by atoms with Crippen molar-refractivity contribution in [3.05, 3.63) is 92.9 Å². The van der Waals surface area contributed by atoms with E-state index < -0.39 is 0 Å². The molecule has 158 valence electrons. The van der Waals surface area contributed by atoms with Crippen LogP contribution in [0.4, 0.5) is 0 Å². The molecule has 31 heavy (non-hydrogen) atoms. The van der Waals surface area contributed by atoms with E-state index in [2.05, 4.69) is 31.9 Å². The first kappa shape index (κ1) is 23.1. The van der Waals surface area contributed by atoms with Crippen molar-refractivity contribution in [3.63, 3.8) is 0 Å². The fourth-order valence-corrected chi connectivity index (χ4v) is 3.81. The highest BCUT2D eigenvalue weighted by molar-refractivity contribution is 9.10. The van der Waals surface area contributed by atoms with Crippen LogP contribution in [0.2, 0.25) is 0 Å². The topological polar surface area (TPSA) is 46.6 Å². The summed E-state index contributed by atoms with van der Waals surface area (Å²) in [5, 5.41) is 5.57. The van der Waals surface area contributed by atoms with E-state index in [1.165, 1.54) is 12.2 Å². The Hall–Kier alpha value is -2.54. The maximum Gasteiger partial charge on any atom is 0.277 e. The average molecular weight is 543 g/mol. The molecular formula is C25H21Br2NO3. The normalized spacial score (nSPS) is 10.5. The molecule has 0 unspecified atom stereocenters. The largest absolute Gasteiger partial charge is 0.295 e. The molecule has 0 saturated heterocycles. The Bertz CT molecular complexity index is 1270. The minimum atomic E-state index is -0.155. The summed E-state index contributed by atoms with van der Waals surface area (Å²) in [4.78, 5) is 27.9. The van der Waals surface area contributed by atoms with Crippen molar-refractivity contribution < 1.29 is 14.4 Å². The second-order valence-corrected chi connectivity index (χ2v) is 8.79. The zero-order valence-electron chi connectivity index (χ0n) is 17.4. The standard InChI is InChI=1S/C13H12BrNO2.C12H9BrO/c1-15(17-2)13(16)11-4-3-10-8-12(14)6-5-9(10)7-11;1-8(14)9-2-3-11-7-12(13)5-4-10(11)6-9/h3-8H,1-2H3;2-7H,1H3. The molecule has 0 aliphatic carbocycles. The third kappa shape index (κ3) is 5.79. The predicted molar refractivity (Wildman–Crippen MR) is 132 cm³/mol. The Balaban J connectivity index is 0.000000179. The summed E-state index contributed by atoms with van der Waals surface area (Å²) in [6.07, 6.45) is 0. The number of hydroxylamine groups is 2. The molecule has 0 radical (unpaired) electrons. The zero-order chi connectivity index (χ0) is 22.5. The number of ketones is 1. The lowest BCUT2D eigenvalue weighted by Gasteiger charge is -2.13. The lowest BCUT2D eigenvalue weighted by atomic mass is 10.1. The van der Waals surface area contributed by atoms with Crippen LogP contribution in [0.1, 0.15) is 27.6 Å². The van der Waals surface area contributed by atoms with Gasteiger partial charge in [-0.05, 0) is 70.9 Å². The van der Waals surface area contributed by atoms with Gasteiger partial charge in [-0.3, -0.25) is 14.4 Å². The average Bonchev–Trinajstić information content (AvgIpc) is 2.77. The number of fused-ring (bicyclic) bond motifs is 2. The number of hydrogen-bond donors (Lipinski definition) is 0. The van der Waals surface area contributed by atoms with Gasteiger partial charge in [-0.15, -0.1) is 0 Å². The first-order valence-corrected chi connectivity index (χ1v) is 11.1. The van der Waals surface area contributed by atoms with Crippen LogP contribution in [-0.4, -0.2) is 30.9 Å². The molecule has 0 saturated carbocycles. The molecule has 0 aromatic heterocycles. The van der Waals surface area contributed by atoms with Crippen molar-refractivity contribution in [2.45, 2.75) is 6.92 Å². The second kappa shape index (κ2) is 10.2. The van der Waals surface area contributed by atoms with Crippen molar-refractivity contribution in [3.8, 4) is 0 Å². The molecule has 1 amide bonds. The van der Waals surface area contributed by atoms with Gasteiger partial charge >= 0.3 is 0 Å². The quantitative estimate of drug-likeness (QED) is 0.206. The van der Waals surface area contributed by atoms with Gasteiger partial charge in [0.2, 0.25) is 0 Å². The summed E-state index contributed by atoms with van der Waals surface area (Å²) in [6, 6.07) is 23.3. The Labute approximate surface area is 198 Å². The van der Waals surface area contributed by atoms with Crippen LogP contribution >= 0.6 is 31.9 Å². The maximum absolute atomic E-state index is 11.9. The zero-order valence-corrected chi connectivity index (χ0v) is 20.5. The molecule has 0 heterocycles. The lowest BCUT2D eigenvalue weighted by Crippen LogP contribution is -2.25. The van der Waals surface area contributed by atoms with Gasteiger partial charge in [0.05, 0.1) is 7.11 Å². The third-order valence-corrected chi connectivity index (χ3v) is 5.80. The number of hydrogen-bond acceptors (Lipinski definition) is 3. The number of nitrogens with zero attached hydrogens (tertiary/aromatic N) is 1. The molecule has 4 aromatic carbocycles. The van der Waals surface area contributed by atoms with Crippen molar-refractivity contribution in [1.29, 1.82) is 0 Å². The van der Waals surface area contributed by atoms with Gasteiger partial charge in [0.15, 0.2) is 5.78 Å². The molecule has 4 rings (SSSR count). The van der Waals surface area contributed by atoms with Crippen molar-refractivity contribution >= 4 is 65.1 Å². The van der Waals surface area contributed by atoms with Crippen LogP contribution in [-0.2, 0) is 4.84 Å². The van der Waals surface area contributed by atoms with Gasteiger partial charge in [0.1, 0.15) is 0 Å². The third-order valence-electron chi connectivity index (χ3n) is 4.82. The highest BCUT2D eigenvalue weighted by Gasteiger charge is 2.11. The summed E-state index contributed by atoms with van der Waals surface area (Å²) in [6.45, 7) is 1.58. The number of rotatable bonds is 3. The van der Waals surface area contributed by atoms with Crippen LogP contribution in [0.15, 0.2) is 81.7 Å². The van der Waals surface area contributed by atoms with E-state index in [1.54, 1.807) is 20.0 Å². The summed E-state index contributed by atoms with van der Waals surface area (Å²) < 4.78 is 2.08. The first-order chi connectivity index (χ1) is 14.8. The Morgan fingerprint density at radius 2 is 1.13 bits per heavy atom. The van der Waals surface area contributed by atoms with Gasteiger partial charge in [-0.2, -0.15) is 0 Å². The van der Waals surface area contributed by atoms with Crippen LogP contribution in [0.25, 0.3) is 21.5 Å². The van der Waals surface area contributed by atoms with Crippen LogP contribution in [0.5, 0.6) is 0 Å². The second-order valence-electron chi connectivity index (χ2n) is 6.95. The molecule has 6 heteroatoms. The van der Waals surface area contributed by atoms with Crippen molar-refractivity contribution in [2.24, 2.45) is 0 Å². The van der Waals surface area contributed by atoms with Gasteiger partial charge in [-0.25, -0.2) is 5.06 Å². The van der Waals surface area contributed by atoms with E-state index in [0.29, 0.717) is 5.56 Å². The summed E-state index contributed by atoms with van der Waals surface area (Å²) in [5.74, 6) is -0.0489. The Morgan fingerprint density at radius 3 is 1.61 bits per heavy atom. The Kier molecular flexibility index (Phi) is 7.59. The lowest BCUT2D eigenvalue weighted by molar-refractivity contribution is -0.0756. The van der Waals surface area contributed by atoms with E-state index >= 15 is 0 Å². The molecule has 0 aliphatic rings. The van der Waals surface area contributed by atoms with E-state index in [0.717, 1.165) is 36.1 Å². The molecule has 4 aromatic rings. The number of carbonyl (C=O) groups is 2. The molecular weight excluding hydrogens is 522 g/mol. The number of carbonyl (C=O) groups excluding carboxylic acids is 2. The molecule has 0 spiro atoms. The van der Waals surface area contributed by atoms with Crippen LogP contribution < -0.4 is 0 Å². The number of halogens is 2. The minimum Gasteiger partial charge on any atom is -0.295 e. The van der Waals surface area contributed by atoms with Gasteiger partial charge < -0.3 is 0 Å². The number of amides is 1. The Morgan fingerprint density at radius 1 is 0.710 bits per heavy atom. The van der Waals surface area contributed by atoms with E-state index in [-0.39, 0.29) is 11.7 Å². The van der Waals surface area contributed by atoms with E-state index in [1.807, 2.05) is 66.7 Å². The van der Waals surface area contributed by atoms with Gasteiger partial charge in [0, 0.05) is 27.1 Å². The summed E-state index contributed by atoms with van der Waals surface area (Å²) >= 11 is 6.83. The van der Waals surface area contributed by atoms with E-state index in [9.17, 15) is 9.59 Å². The fourth-order valence-electron chi connectivity index (χ4n) is 3.05. The molecule has 0 aliphatic heterocycles. The predicted octanol–water partition coefficient (Wildman–Crippen LogP) is 7.04. The smallest absolute Gasteiger partial charge is 0.277 e. The number of benzene rings is 4. The maximum atomic E-state index is 11.9. The monoisotopic (exact) mass is 541 g/mol. The summed E-state index contributed by atoms with van der Waals surface area (Å²) in [7, 11) is 3.06. The minimum absolute atomic E-state index is 0.106. The van der Waals surface area contributed by atoms with Crippen molar-refractivity contribution in [2.75, 3.05) is 14.2 Å². The fraction of sp³-hybridized carbons (Fsp3) is 0.120. The van der Waals surface area contributed by atoms with Crippen LogP contribution in [0.3, 0.4) is 0 Å². The van der Waals surface area contributed by atoms with E-state index in [4.69, 9.17) is 4.84 Å². The SMILES string of the molecule is CC(=O)c1ccc2cc(Br)ccc2c1.CON(C)C(=O)c1ccc2cc(Br)ccc2c1. The van der Waals surface area contributed by atoms with Crippen molar-refractivity contribution in [1.82, 2.24) is 5.06 Å².